The number of halogens is 3. The molecule has 1 aromatic carbocycles. The van der Waals surface area contributed by atoms with Crippen LogP contribution in [-0.4, -0.2) is 34.1 Å². The molecule has 0 saturated heterocycles. The van der Waals surface area contributed by atoms with Crippen molar-refractivity contribution in [2.45, 2.75) is 17.9 Å². The summed E-state index contributed by atoms with van der Waals surface area (Å²) >= 11 is 8.98. The monoisotopic (exact) mass is 403 g/mol. The van der Waals surface area contributed by atoms with Gasteiger partial charge in [0.15, 0.2) is 0 Å². The maximum absolute atomic E-state index is 12.0. The van der Waals surface area contributed by atoms with E-state index < -0.39 is 15.0 Å². The molecule has 0 saturated carbocycles. The molecular weight excluding hydrogens is 393 g/mol. The van der Waals surface area contributed by atoms with Crippen molar-refractivity contribution < 1.29 is 17.9 Å². The molecule has 0 aromatic heterocycles. The summed E-state index contributed by atoms with van der Waals surface area (Å²) in [6.45, 7) is 2.04. The molecule has 0 aliphatic heterocycles. The van der Waals surface area contributed by atoms with Crippen LogP contribution in [0.5, 0.6) is 0 Å². The van der Waals surface area contributed by atoms with Gasteiger partial charge in [0.2, 0.25) is 0 Å². The second kappa shape index (κ2) is 7.09. The van der Waals surface area contributed by atoms with E-state index in [2.05, 4.69) is 21.2 Å². The van der Waals surface area contributed by atoms with Gasteiger partial charge < -0.3 is 10.1 Å². The predicted octanol–water partition coefficient (Wildman–Crippen LogP) is 2.79. The molecule has 1 N–H and O–H groups in total. The van der Waals surface area contributed by atoms with Crippen LogP contribution < -0.4 is 5.32 Å². The van der Waals surface area contributed by atoms with Crippen LogP contribution in [0.25, 0.3) is 0 Å². The number of methoxy groups -OCH3 is 1. The van der Waals surface area contributed by atoms with E-state index in [0.717, 1.165) is 6.07 Å². The first-order valence-corrected chi connectivity index (χ1v) is 8.89. The summed E-state index contributed by atoms with van der Waals surface area (Å²) in [5.74, 6) is -0.507. The quantitative estimate of drug-likeness (QED) is 0.765. The van der Waals surface area contributed by atoms with Crippen molar-refractivity contribution >= 4 is 53.2 Å². The number of benzene rings is 1. The topological polar surface area (TPSA) is 72.5 Å². The fourth-order valence-electron chi connectivity index (χ4n) is 1.30. The molecule has 9 heteroatoms. The summed E-state index contributed by atoms with van der Waals surface area (Å²) < 4.78 is 28.0. The van der Waals surface area contributed by atoms with E-state index in [1.165, 1.54) is 13.2 Å². The number of carbonyl (C=O) groups excluding carboxylic acids is 1. The number of amides is 1. The second-order valence-electron chi connectivity index (χ2n) is 3.96. The molecule has 1 rings (SSSR count). The Bertz CT molecular complexity index is 621. The van der Waals surface area contributed by atoms with Crippen molar-refractivity contribution in [1.82, 2.24) is 5.32 Å². The van der Waals surface area contributed by atoms with E-state index in [9.17, 15) is 13.2 Å². The molecule has 0 aliphatic carbocycles. The molecule has 0 aliphatic rings. The van der Waals surface area contributed by atoms with Gasteiger partial charge in [-0.1, -0.05) is 11.6 Å². The van der Waals surface area contributed by atoms with Crippen LogP contribution in [0.3, 0.4) is 0 Å². The summed E-state index contributed by atoms with van der Waals surface area (Å²) in [5, 5.41) is 2.70. The van der Waals surface area contributed by atoms with Crippen molar-refractivity contribution in [2.75, 3.05) is 13.7 Å². The molecule has 1 atom stereocenters. The van der Waals surface area contributed by atoms with Crippen LogP contribution in [0.15, 0.2) is 21.5 Å². The third kappa shape index (κ3) is 4.60. The molecule has 0 bridgehead atoms. The van der Waals surface area contributed by atoms with Gasteiger partial charge in [-0.2, -0.15) is 0 Å². The molecule has 112 valence electrons. The van der Waals surface area contributed by atoms with Crippen LogP contribution in [0.2, 0.25) is 5.02 Å². The van der Waals surface area contributed by atoms with Crippen molar-refractivity contribution in [3.63, 3.8) is 0 Å². The molecular formula is C11H12BrCl2NO4S. The third-order valence-electron chi connectivity index (χ3n) is 2.48. The minimum absolute atomic E-state index is 0.0254. The summed E-state index contributed by atoms with van der Waals surface area (Å²) in [5.41, 5.74) is 0.0254. The minimum Gasteiger partial charge on any atom is -0.380 e. The predicted molar refractivity (Wildman–Crippen MR) is 81.0 cm³/mol. The lowest BCUT2D eigenvalue weighted by molar-refractivity contribution is 0.0870. The molecule has 0 fully saturated rings. The lowest BCUT2D eigenvalue weighted by Crippen LogP contribution is -2.31. The van der Waals surface area contributed by atoms with Gasteiger partial charge in [0.25, 0.3) is 15.0 Å². The van der Waals surface area contributed by atoms with Crippen LogP contribution in [0.4, 0.5) is 0 Å². The van der Waals surface area contributed by atoms with E-state index in [-0.39, 0.29) is 32.6 Å². The Labute approximate surface area is 135 Å². The highest BCUT2D eigenvalue weighted by Crippen LogP contribution is 2.30. The lowest BCUT2D eigenvalue weighted by atomic mass is 10.2. The zero-order chi connectivity index (χ0) is 15.5. The largest absolute Gasteiger partial charge is 0.380 e. The van der Waals surface area contributed by atoms with Crippen molar-refractivity contribution in [3.05, 3.63) is 27.2 Å². The summed E-state index contributed by atoms with van der Waals surface area (Å²) in [6.07, 6.45) is -0.176. The average Bonchev–Trinajstić information content (AvgIpc) is 2.33. The Balaban J connectivity index is 3.10. The molecule has 0 spiro atoms. The zero-order valence-corrected chi connectivity index (χ0v) is 14.5. The van der Waals surface area contributed by atoms with E-state index in [1.807, 2.05) is 0 Å². The summed E-state index contributed by atoms with van der Waals surface area (Å²) in [6, 6.07) is 2.44. The molecule has 1 unspecified atom stereocenters. The van der Waals surface area contributed by atoms with Crippen LogP contribution in [-0.2, 0) is 13.8 Å². The van der Waals surface area contributed by atoms with Gasteiger partial charge in [-0.05, 0) is 35.0 Å². The SMILES string of the molecule is COC(C)CNC(=O)c1cc(S(=O)(=O)Cl)c(Br)cc1Cl. The number of hydrogen-bond donors (Lipinski definition) is 1. The maximum Gasteiger partial charge on any atom is 0.262 e. The molecule has 0 heterocycles. The minimum atomic E-state index is -3.98. The van der Waals surface area contributed by atoms with Gasteiger partial charge in [-0.3, -0.25) is 4.79 Å². The number of hydrogen-bond acceptors (Lipinski definition) is 4. The number of ether oxygens (including phenoxy) is 1. The molecule has 0 radical (unpaired) electrons. The van der Waals surface area contributed by atoms with E-state index in [1.54, 1.807) is 6.92 Å². The highest BCUT2D eigenvalue weighted by Gasteiger charge is 2.20. The van der Waals surface area contributed by atoms with Gasteiger partial charge in [-0.15, -0.1) is 0 Å². The lowest BCUT2D eigenvalue weighted by Gasteiger charge is -2.12. The Morgan fingerprint density at radius 3 is 2.60 bits per heavy atom. The van der Waals surface area contributed by atoms with Gasteiger partial charge in [-0.25, -0.2) is 8.42 Å². The van der Waals surface area contributed by atoms with Gasteiger partial charge in [0, 0.05) is 28.8 Å². The van der Waals surface area contributed by atoms with Crippen molar-refractivity contribution in [3.8, 4) is 0 Å². The van der Waals surface area contributed by atoms with E-state index >= 15 is 0 Å². The van der Waals surface area contributed by atoms with Crippen LogP contribution >= 0.6 is 38.2 Å². The van der Waals surface area contributed by atoms with Crippen LogP contribution in [0.1, 0.15) is 17.3 Å². The van der Waals surface area contributed by atoms with Crippen molar-refractivity contribution in [2.24, 2.45) is 0 Å². The first-order valence-electron chi connectivity index (χ1n) is 5.41. The smallest absolute Gasteiger partial charge is 0.262 e. The van der Waals surface area contributed by atoms with E-state index in [0.29, 0.717) is 0 Å². The van der Waals surface area contributed by atoms with Gasteiger partial charge >= 0.3 is 0 Å². The summed E-state index contributed by atoms with van der Waals surface area (Å²) in [4.78, 5) is 11.8. The van der Waals surface area contributed by atoms with Crippen molar-refractivity contribution in [1.29, 1.82) is 0 Å². The maximum atomic E-state index is 12.0. The first-order chi connectivity index (χ1) is 9.16. The Morgan fingerprint density at radius 2 is 2.10 bits per heavy atom. The fraction of sp³-hybridized carbons (Fsp3) is 0.364. The zero-order valence-electron chi connectivity index (χ0n) is 10.6. The highest BCUT2D eigenvalue weighted by atomic mass is 79.9. The van der Waals surface area contributed by atoms with E-state index in [4.69, 9.17) is 27.0 Å². The Morgan fingerprint density at radius 1 is 1.50 bits per heavy atom. The Hall–Kier alpha value is -0.340. The first kappa shape index (κ1) is 17.7. The average molecular weight is 405 g/mol. The highest BCUT2D eigenvalue weighted by molar-refractivity contribution is 9.10. The fourth-order valence-corrected chi connectivity index (χ4v) is 3.88. The molecule has 20 heavy (non-hydrogen) atoms. The normalized spacial score (nSPS) is 13.1. The number of rotatable bonds is 5. The molecule has 5 nitrogen and oxygen atoms in total. The van der Waals surface area contributed by atoms with Crippen LogP contribution in [0, 0.1) is 0 Å². The van der Waals surface area contributed by atoms with Gasteiger partial charge in [0.1, 0.15) is 0 Å². The summed E-state index contributed by atoms with van der Waals surface area (Å²) in [7, 11) is 2.83. The molecule has 1 amide bonds. The number of nitrogens with one attached hydrogen (secondary N) is 1. The standard InChI is InChI=1S/C11H12BrCl2NO4S/c1-6(19-2)5-15-11(16)7-3-10(20(14,17)18)8(12)4-9(7)13/h3-4,6H,5H2,1-2H3,(H,15,16). The molecule has 1 aromatic rings. The third-order valence-corrected chi connectivity index (χ3v) is 5.07. The Kier molecular flexibility index (Phi) is 6.27. The number of carbonyl (C=O) groups is 1. The second-order valence-corrected chi connectivity index (χ2v) is 7.75. The van der Waals surface area contributed by atoms with Gasteiger partial charge in [0.05, 0.1) is 21.6 Å².